The van der Waals surface area contributed by atoms with E-state index in [9.17, 15) is 14.9 Å². The van der Waals surface area contributed by atoms with Crippen molar-refractivity contribution >= 4 is 17.4 Å². The van der Waals surface area contributed by atoms with Gasteiger partial charge in [-0.3, -0.25) is 15.1 Å². The number of aromatic nitrogens is 1. The monoisotopic (exact) mass is 292 g/mol. The number of nitrogens with zero attached hydrogens (tertiary/aromatic N) is 3. The second-order valence-corrected chi connectivity index (χ2v) is 5.76. The Morgan fingerprint density at radius 2 is 2.24 bits per heavy atom. The van der Waals surface area contributed by atoms with Crippen LogP contribution in [0.4, 0.5) is 16.2 Å². The molecule has 1 aromatic heterocycles. The summed E-state index contributed by atoms with van der Waals surface area (Å²) < 4.78 is 0. The fraction of sp³-hybridized carbons (Fsp3) is 0.571. The molecule has 21 heavy (non-hydrogen) atoms. The van der Waals surface area contributed by atoms with Crippen LogP contribution in [0.5, 0.6) is 0 Å². The number of pyridine rings is 1. The van der Waals surface area contributed by atoms with E-state index in [4.69, 9.17) is 0 Å². The molecule has 1 aliphatic rings. The van der Waals surface area contributed by atoms with Crippen molar-refractivity contribution in [1.29, 1.82) is 0 Å². The van der Waals surface area contributed by atoms with Gasteiger partial charge in [0.15, 0.2) is 0 Å². The molecule has 1 aromatic rings. The third-order valence-corrected chi connectivity index (χ3v) is 3.75. The highest BCUT2D eigenvalue weighted by molar-refractivity contribution is 5.91. The largest absolute Gasteiger partial charge is 0.324 e. The Bertz CT molecular complexity index is 535. The zero-order chi connectivity index (χ0) is 15.4. The second-order valence-electron chi connectivity index (χ2n) is 5.76. The molecule has 114 valence electrons. The van der Waals surface area contributed by atoms with Gasteiger partial charge in [-0.15, -0.1) is 0 Å². The van der Waals surface area contributed by atoms with E-state index in [2.05, 4.69) is 24.1 Å². The number of nitrogens with one attached hydrogen (secondary N) is 1. The fourth-order valence-corrected chi connectivity index (χ4v) is 2.74. The summed E-state index contributed by atoms with van der Waals surface area (Å²) in [6.07, 6.45) is 4.62. The first kappa shape index (κ1) is 15.2. The summed E-state index contributed by atoms with van der Waals surface area (Å²) in [4.78, 5) is 28.2. The minimum Gasteiger partial charge on any atom is -0.324 e. The van der Waals surface area contributed by atoms with Gasteiger partial charge in [-0.1, -0.05) is 13.8 Å². The lowest BCUT2D eigenvalue weighted by molar-refractivity contribution is -0.384. The normalized spacial score (nSPS) is 22.5. The van der Waals surface area contributed by atoms with Gasteiger partial charge in [0, 0.05) is 19.3 Å². The van der Waals surface area contributed by atoms with E-state index in [1.165, 1.54) is 12.3 Å². The van der Waals surface area contributed by atoms with Gasteiger partial charge in [-0.25, -0.2) is 4.79 Å². The zero-order valence-electron chi connectivity index (χ0n) is 12.3. The van der Waals surface area contributed by atoms with E-state index in [1.807, 2.05) is 0 Å². The molecule has 1 fully saturated rings. The molecular weight excluding hydrogens is 272 g/mol. The average Bonchev–Trinajstić information content (AvgIpc) is 2.60. The third kappa shape index (κ3) is 3.90. The molecule has 0 saturated carbocycles. The molecule has 1 N–H and O–H groups in total. The Morgan fingerprint density at radius 1 is 1.48 bits per heavy atom. The Kier molecular flexibility index (Phi) is 4.72. The number of urea groups is 1. The van der Waals surface area contributed by atoms with Gasteiger partial charge < -0.3 is 10.2 Å². The van der Waals surface area contributed by atoms with Gasteiger partial charge >= 0.3 is 11.7 Å². The van der Waals surface area contributed by atoms with Gasteiger partial charge in [0.2, 0.25) is 0 Å². The first-order valence-electron chi connectivity index (χ1n) is 7.11. The number of rotatable bonds is 2. The number of amides is 2. The molecule has 0 spiro atoms. The maximum atomic E-state index is 12.3. The maximum absolute atomic E-state index is 12.3. The lowest BCUT2D eigenvalue weighted by atomic mass is 9.97. The first-order valence-corrected chi connectivity index (χ1v) is 7.11. The van der Waals surface area contributed by atoms with E-state index < -0.39 is 4.92 Å². The molecule has 2 heterocycles. The highest BCUT2D eigenvalue weighted by Crippen LogP contribution is 2.24. The molecule has 0 aliphatic carbocycles. The number of likely N-dealkylation sites (tertiary alicyclic amines) is 1. The molecule has 0 aromatic carbocycles. The fourth-order valence-electron chi connectivity index (χ4n) is 2.74. The summed E-state index contributed by atoms with van der Waals surface area (Å²) in [6.45, 7) is 5.66. The van der Waals surface area contributed by atoms with E-state index in [-0.39, 0.29) is 17.4 Å². The summed E-state index contributed by atoms with van der Waals surface area (Å²) in [6, 6.07) is 1.16. The quantitative estimate of drug-likeness (QED) is 0.670. The summed E-state index contributed by atoms with van der Waals surface area (Å²) in [5.74, 6) is 1.02. The summed E-state index contributed by atoms with van der Waals surface area (Å²) >= 11 is 0. The van der Waals surface area contributed by atoms with Crippen LogP contribution < -0.4 is 5.32 Å². The van der Waals surface area contributed by atoms with Crippen LogP contribution in [0.15, 0.2) is 18.5 Å². The Morgan fingerprint density at radius 3 is 2.95 bits per heavy atom. The predicted molar refractivity (Wildman–Crippen MR) is 79.0 cm³/mol. The SMILES string of the molecule is CC1CCN(C(=O)Nc2ccncc2[N+](=O)[O-])CC(C)C1. The summed E-state index contributed by atoms with van der Waals surface area (Å²) in [5.41, 5.74) is -0.00737. The third-order valence-electron chi connectivity index (χ3n) is 3.75. The highest BCUT2D eigenvalue weighted by Gasteiger charge is 2.24. The zero-order valence-corrected chi connectivity index (χ0v) is 12.3. The lowest BCUT2D eigenvalue weighted by Crippen LogP contribution is -2.37. The molecule has 2 amide bonds. The number of carbonyl (C=O) groups is 1. The molecule has 2 unspecified atom stereocenters. The van der Waals surface area contributed by atoms with Crippen LogP contribution >= 0.6 is 0 Å². The molecule has 1 aliphatic heterocycles. The van der Waals surface area contributed by atoms with E-state index in [1.54, 1.807) is 4.90 Å². The van der Waals surface area contributed by atoms with Gasteiger partial charge in [0.1, 0.15) is 11.9 Å². The van der Waals surface area contributed by atoms with Crippen LogP contribution in [-0.4, -0.2) is 33.9 Å². The van der Waals surface area contributed by atoms with Crippen LogP contribution in [0.3, 0.4) is 0 Å². The number of hydrogen-bond acceptors (Lipinski definition) is 4. The summed E-state index contributed by atoms with van der Waals surface area (Å²) in [7, 11) is 0. The number of hydrogen-bond donors (Lipinski definition) is 1. The molecule has 2 rings (SSSR count). The van der Waals surface area contributed by atoms with Crippen LogP contribution in [0.25, 0.3) is 0 Å². The smallest absolute Gasteiger partial charge is 0.322 e. The maximum Gasteiger partial charge on any atom is 0.322 e. The first-order chi connectivity index (χ1) is 9.97. The van der Waals surface area contributed by atoms with E-state index in [0.717, 1.165) is 19.0 Å². The van der Waals surface area contributed by atoms with Crippen molar-refractivity contribution < 1.29 is 9.72 Å². The van der Waals surface area contributed by atoms with Crippen LogP contribution in [-0.2, 0) is 0 Å². The van der Waals surface area contributed by atoms with Crippen molar-refractivity contribution in [2.45, 2.75) is 26.7 Å². The standard InChI is InChI=1S/C14H20N4O3/c1-10-4-6-17(9-11(2)7-10)14(19)16-12-3-5-15-8-13(12)18(20)21/h3,5,8,10-11H,4,6-7,9H2,1-2H3,(H,15,16,19). The Labute approximate surface area is 123 Å². The van der Waals surface area contributed by atoms with Crippen molar-refractivity contribution in [3.63, 3.8) is 0 Å². The van der Waals surface area contributed by atoms with Crippen molar-refractivity contribution in [2.24, 2.45) is 11.8 Å². The molecule has 2 atom stereocenters. The Hall–Kier alpha value is -2.18. The predicted octanol–water partition coefficient (Wildman–Crippen LogP) is 2.89. The van der Waals surface area contributed by atoms with E-state index in [0.29, 0.717) is 24.9 Å². The molecular formula is C14H20N4O3. The molecule has 0 radical (unpaired) electrons. The average molecular weight is 292 g/mol. The number of anilines is 1. The van der Waals surface area contributed by atoms with Crippen molar-refractivity contribution in [3.05, 3.63) is 28.6 Å². The Balaban J connectivity index is 2.09. The molecule has 1 saturated heterocycles. The van der Waals surface area contributed by atoms with Crippen LogP contribution in [0.1, 0.15) is 26.7 Å². The van der Waals surface area contributed by atoms with Crippen molar-refractivity contribution in [2.75, 3.05) is 18.4 Å². The number of carbonyl (C=O) groups excluding carboxylic acids is 1. The molecule has 7 heteroatoms. The summed E-state index contributed by atoms with van der Waals surface area (Å²) in [5, 5.41) is 13.6. The van der Waals surface area contributed by atoms with Crippen LogP contribution in [0.2, 0.25) is 0 Å². The minimum atomic E-state index is -0.546. The van der Waals surface area contributed by atoms with Crippen LogP contribution in [0, 0.1) is 22.0 Å². The van der Waals surface area contributed by atoms with E-state index >= 15 is 0 Å². The molecule has 7 nitrogen and oxygen atoms in total. The lowest BCUT2D eigenvalue weighted by Gasteiger charge is -2.22. The van der Waals surface area contributed by atoms with Crippen molar-refractivity contribution in [1.82, 2.24) is 9.88 Å². The van der Waals surface area contributed by atoms with Gasteiger partial charge in [0.25, 0.3) is 0 Å². The number of nitro groups is 1. The second kappa shape index (κ2) is 6.51. The van der Waals surface area contributed by atoms with Gasteiger partial charge in [-0.2, -0.15) is 0 Å². The van der Waals surface area contributed by atoms with Crippen molar-refractivity contribution in [3.8, 4) is 0 Å². The highest BCUT2D eigenvalue weighted by atomic mass is 16.6. The minimum absolute atomic E-state index is 0.185. The van der Waals surface area contributed by atoms with Gasteiger partial charge in [-0.05, 0) is 30.7 Å². The molecule has 0 bridgehead atoms. The van der Waals surface area contributed by atoms with Gasteiger partial charge in [0.05, 0.1) is 4.92 Å². The topological polar surface area (TPSA) is 88.4 Å².